The zero-order valence-electron chi connectivity index (χ0n) is 19.2. The largest absolute Gasteiger partial charge is 0.494 e. The lowest BCUT2D eigenvalue weighted by atomic mass is 9.95. The van der Waals surface area contributed by atoms with Crippen LogP contribution in [0.2, 0.25) is 0 Å². The summed E-state index contributed by atoms with van der Waals surface area (Å²) in [4.78, 5) is 15.1. The number of aromatic nitrogens is 2. The van der Waals surface area contributed by atoms with E-state index < -0.39 is 5.56 Å². The fourth-order valence-corrected chi connectivity index (χ4v) is 3.83. The summed E-state index contributed by atoms with van der Waals surface area (Å²) < 4.78 is 18.8. The molecule has 1 fully saturated rings. The van der Waals surface area contributed by atoms with Crippen LogP contribution in [0.15, 0.2) is 65.5 Å². The molecule has 0 radical (unpaired) electrons. The summed E-state index contributed by atoms with van der Waals surface area (Å²) in [5.74, 6) is 1.13. The molecule has 34 heavy (non-hydrogen) atoms. The second-order valence-electron chi connectivity index (χ2n) is 8.94. The van der Waals surface area contributed by atoms with E-state index in [-0.39, 0.29) is 27.9 Å². The maximum atomic E-state index is 12.5. The average Bonchev–Trinajstić information content (AvgIpc) is 2.81. The van der Waals surface area contributed by atoms with E-state index in [1.54, 1.807) is 30.3 Å². The number of aromatic amines is 1. The Labute approximate surface area is 203 Å². The van der Waals surface area contributed by atoms with Crippen LogP contribution in [-0.4, -0.2) is 34.2 Å². The molecule has 7 nitrogen and oxygen atoms in total. The highest BCUT2D eigenvalue weighted by molar-refractivity contribution is 7.71. The van der Waals surface area contributed by atoms with Crippen LogP contribution < -0.4 is 10.3 Å². The average molecular weight is 481 g/mol. The summed E-state index contributed by atoms with van der Waals surface area (Å²) in [5.41, 5.74) is 0.299. The Balaban J connectivity index is 1.47. The number of hydrogen-bond donors (Lipinski definition) is 2. The molecule has 0 amide bonds. The summed E-state index contributed by atoms with van der Waals surface area (Å²) in [6, 6.07) is 16.5. The van der Waals surface area contributed by atoms with Crippen LogP contribution in [0.5, 0.6) is 17.4 Å². The predicted octanol–water partition coefficient (Wildman–Crippen LogP) is 5.59. The van der Waals surface area contributed by atoms with Gasteiger partial charge in [-0.3, -0.25) is 14.3 Å². The van der Waals surface area contributed by atoms with E-state index in [1.165, 1.54) is 4.57 Å². The van der Waals surface area contributed by atoms with Crippen LogP contribution in [0, 0.1) is 10.2 Å². The number of para-hydroxylation sites is 1. The Morgan fingerprint density at radius 1 is 1.12 bits per heavy atom. The van der Waals surface area contributed by atoms with Crippen molar-refractivity contribution in [1.29, 1.82) is 0 Å². The molecule has 1 saturated heterocycles. The summed E-state index contributed by atoms with van der Waals surface area (Å²) in [7, 11) is 0. The van der Waals surface area contributed by atoms with E-state index in [0.29, 0.717) is 37.5 Å². The highest BCUT2D eigenvalue weighted by Crippen LogP contribution is 2.27. The predicted molar refractivity (Wildman–Crippen MR) is 133 cm³/mol. The fourth-order valence-electron chi connectivity index (χ4n) is 3.54. The lowest BCUT2D eigenvalue weighted by Crippen LogP contribution is -2.37. The van der Waals surface area contributed by atoms with Crippen molar-refractivity contribution in [2.24, 2.45) is 5.41 Å². The van der Waals surface area contributed by atoms with Crippen molar-refractivity contribution in [1.82, 2.24) is 9.55 Å². The molecule has 1 aliphatic heterocycles. The Morgan fingerprint density at radius 3 is 2.44 bits per heavy atom. The number of benzene rings is 2. The topological polar surface area (TPSA) is 85.7 Å². The quantitative estimate of drug-likeness (QED) is 0.429. The number of ether oxygens (including phenoxy) is 3. The minimum absolute atomic E-state index is 0.0247. The van der Waals surface area contributed by atoms with Crippen molar-refractivity contribution in [2.45, 2.75) is 33.0 Å². The Hall–Kier alpha value is -3.20. The SMILES string of the molecule is CC1(C)COC(CCC=Cc2c(O)n(-c3ccc(Oc4ccccc4)cc3)c(=S)[nH]c2=O)OC1. The van der Waals surface area contributed by atoms with Crippen LogP contribution >= 0.6 is 12.2 Å². The van der Waals surface area contributed by atoms with Crippen LogP contribution in [0.4, 0.5) is 0 Å². The van der Waals surface area contributed by atoms with Gasteiger partial charge < -0.3 is 19.3 Å². The van der Waals surface area contributed by atoms with Gasteiger partial charge in [-0.2, -0.15) is 0 Å². The second kappa shape index (κ2) is 10.4. The van der Waals surface area contributed by atoms with Crippen molar-refractivity contribution in [3.05, 3.63) is 81.4 Å². The molecule has 0 atom stereocenters. The van der Waals surface area contributed by atoms with Gasteiger partial charge in [0.05, 0.1) is 24.5 Å². The van der Waals surface area contributed by atoms with Gasteiger partial charge in [0.25, 0.3) is 5.56 Å². The van der Waals surface area contributed by atoms with E-state index in [4.69, 9.17) is 26.4 Å². The van der Waals surface area contributed by atoms with Crippen LogP contribution in [0.25, 0.3) is 11.8 Å². The molecule has 0 unspecified atom stereocenters. The minimum atomic E-state index is -0.453. The van der Waals surface area contributed by atoms with Crippen molar-refractivity contribution in [2.75, 3.05) is 13.2 Å². The van der Waals surface area contributed by atoms with Crippen molar-refractivity contribution >= 4 is 18.3 Å². The highest BCUT2D eigenvalue weighted by Gasteiger charge is 2.27. The molecular weight excluding hydrogens is 452 g/mol. The Bertz CT molecular complexity index is 1250. The van der Waals surface area contributed by atoms with E-state index in [0.717, 1.165) is 5.75 Å². The first-order chi connectivity index (χ1) is 16.3. The molecule has 2 heterocycles. The van der Waals surface area contributed by atoms with Crippen molar-refractivity contribution in [3.8, 4) is 23.1 Å². The summed E-state index contributed by atoms with van der Waals surface area (Å²) in [6.07, 6.45) is 4.44. The zero-order valence-corrected chi connectivity index (χ0v) is 20.0. The van der Waals surface area contributed by atoms with Gasteiger partial charge in [-0.1, -0.05) is 38.1 Å². The number of H-pyrrole nitrogens is 1. The number of rotatable bonds is 7. The lowest BCUT2D eigenvalue weighted by molar-refractivity contribution is -0.223. The maximum Gasteiger partial charge on any atom is 0.262 e. The number of nitrogens with zero attached hydrogens (tertiary/aromatic N) is 1. The summed E-state index contributed by atoms with van der Waals surface area (Å²) in [6.45, 7) is 5.49. The third-order valence-corrected chi connectivity index (χ3v) is 5.65. The van der Waals surface area contributed by atoms with Crippen LogP contribution in [-0.2, 0) is 9.47 Å². The minimum Gasteiger partial charge on any atom is -0.494 e. The Kier molecular flexibility index (Phi) is 7.31. The second-order valence-corrected chi connectivity index (χ2v) is 9.32. The van der Waals surface area contributed by atoms with Gasteiger partial charge in [0.2, 0.25) is 5.88 Å². The molecule has 0 bridgehead atoms. The monoisotopic (exact) mass is 480 g/mol. The van der Waals surface area contributed by atoms with Gasteiger partial charge in [0.15, 0.2) is 11.1 Å². The molecule has 0 spiro atoms. The molecule has 4 rings (SSSR count). The summed E-state index contributed by atoms with van der Waals surface area (Å²) in [5, 5.41) is 10.9. The highest BCUT2D eigenvalue weighted by atomic mass is 32.1. The van der Waals surface area contributed by atoms with Crippen molar-refractivity contribution < 1.29 is 19.3 Å². The maximum absolute atomic E-state index is 12.5. The Morgan fingerprint density at radius 2 is 1.76 bits per heavy atom. The molecule has 8 heteroatoms. The lowest BCUT2D eigenvalue weighted by Gasteiger charge is -2.34. The van der Waals surface area contributed by atoms with Gasteiger partial charge in [0.1, 0.15) is 11.5 Å². The first-order valence-corrected chi connectivity index (χ1v) is 11.5. The van der Waals surface area contributed by atoms with E-state index >= 15 is 0 Å². The molecule has 178 valence electrons. The molecule has 2 N–H and O–H groups in total. The standard InChI is InChI=1S/C26H28N2O5S/c1-26(2)16-31-22(32-17-26)11-7-6-10-21-23(29)27-25(34)28(24(21)30)18-12-14-20(15-13-18)33-19-8-4-3-5-9-19/h3-6,8-10,12-15,22,30H,7,11,16-17H2,1-2H3,(H,27,29,34). The van der Waals surface area contributed by atoms with Gasteiger partial charge in [0, 0.05) is 11.8 Å². The van der Waals surface area contributed by atoms with Crippen molar-refractivity contribution in [3.63, 3.8) is 0 Å². The molecule has 0 saturated carbocycles. The number of nitrogens with one attached hydrogen (secondary N) is 1. The third-order valence-electron chi connectivity index (χ3n) is 5.37. The molecule has 3 aromatic rings. The molecular formula is C26H28N2O5S. The first-order valence-electron chi connectivity index (χ1n) is 11.1. The number of allylic oxidation sites excluding steroid dienone is 1. The smallest absolute Gasteiger partial charge is 0.262 e. The fraction of sp³-hybridized carbons (Fsp3) is 0.308. The summed E-state index contributed by atoms with van der Waals surface area (Å²) >= 11 is 5.30. The van der Waals surface area contributed by atoms with Gasteiger partial charge in [-0.25, -0.2) is 0 Å². The number of aromatic hydroxyl groups is 1. The van der Waals surface area contributed by atoms with Gasteiger partial charge in [-0.05, 0) is 61.1 Å². The van der Waals surface area contributed by atoms with E-state index in [1.807, 2.05) is 36.4 Å². The molecule has 1 aliphatic rings. The molecule has 1 aromatic heterocycles. The number of hydrogen-bond acceptors (Lipinski definition) is 6. The normalized spacial score (nSPS) is 16.1. The zero-order chi connectivity index (χ0) is 24.1. The van der Waals surface area contributed by atoms with Gasteiger partial charge in [-0.15, -0.1) is 0 Å². The van der Waals surface area contributed by atoms with E-state index in [9.17, 15) is 9.90 Å². The van der Waals surface area contributed by atoms with Crippen LogP contribution in [0.1, 0.15) is 32.3 Å². The van der Waals surface area contributed by atoms with Gasteiger partial charge >= 0.3 is 0 Å². The first kappa shape index (κ1) is 23.9. The molecule has 2 aromatic carbocycles. The third kappa shape index (κ3) is 5.83. The van der Waals surface area contributed by atoms with E-state index in [2.05, 4.69) is 18.8 Å². The van der Waals surface area contributed by atoms with Crippen LogP contribution in [0.3, 0.4) is 0 Å². The molecule has 0 aliphatic carbocycles.